The third kappa shape index (κ3) is 3.57. The van der Waals surface area contributed by atoms with Gasteiger partial charge >= 0.3 is 12.0 Å². The van der Waals surface area contributed by atoms with Crippen LogP contribution in [0.25, 0.3) is 0 Å². The monoisotopic (exact) mass is 276 g/mol. The van der Waals surface area contributed by atoms with E-state index in [2.05, 4.69) is 5.32 Å². The fourth-order valence-electron chi connectivity index (χ4n) is 1.97. The molecule has 1 aromatic rings. The molecular formula is C14H16N2O4. The summed E-state index contributed by atoms with van der Waals surface area (Å²) in [6.45, 7) is 2.10. The molecule has 0 unspecified atom stereocenters. The molecule has 20 heavy (non-hydrogen) atoms. The van der Waals surface area contributed by atoms with Crippen LogP contribution in [0.5, 0.6) is 0 Å². The third-order valence-electron chi connectivity index (χ3n) is 3.00. The largest absolute Gasteiger partial charge is 0.466 e. The van der Waals surface area contributed by atoms with Crippen molar-refractivity contribution in [2.24, 2.45) is 0 Å². The Balaban J connectivity index is 1.95. The number of imide groups is 1. The number of carbonyl (C=O) groups excluding carboxylic acids is 3. The highest BCUT2D eigenvalue weighted by atomic mass is 16.5. The number of rotatable bonds is 4. The Morgan fingerprint density at radius 1 is 1.30 bits per heavy atom. The molecule has 1 N–H and O–H groups in total. The third-order valence-corrected chi connectivity index (χ3v) is 3.00. The number of urea groups is 1. The summed E-state index contributed by atoms with van der Waals surface area (Å²) in [5.74, 6) is -0.541. The van der Waals surface area contributed by atoms with Gasteiger partial charge < -0.3 is 4.74 Å². The van der Waals surface area contributed by atoms with Crippen molar-refractivity contribution < 1.29 is 19.1 Å². The fraction of sp³-hybridized carbons (Fsp3) is 0.357. The molecule has 3 amide bonds. The van der Waals surface area contributed by atoms with Crippen LogP contribution in [0.3, 0.4) is 0 Å². The van der Waals surface area contributed by atoms with E-state index in [0.29, 0.717) is 26.0 Å². The first-order valence-electron chi connectivity index (χ1n) is 6.40. The molecule has 1 aliphatic heterocycles. The standard InChI is InChI=1S/C14H16N2O4/c1-10(17)20-9-7-11-2-4-12(5-3-11)16-8-6-13(18)15-14(16)19/h2-5H,6-9H2,1H3,(H,15,18,19). The number of nitrogens with one attached hydrogen (secondary N) is 1. The smallest absolute Gasteiger partial charge is 0.328 e. The zero-order valence-electron chi connectivity index (χ0n) is 11.2. The van der Waals surface area contributed by atoms with Gasteiger partial charge in [-0.2, -0.15) is 0 Å². The van der Waals surface area contributed by atoms with Gasteiger partial charge in [-0.1, -0.05) is 12.1 Å². The SMILES string of the molecule is CC(=O)OCCc1ccc(N2CCC(=O)NC2=O)cc1. The summed E-state index contributed by atoms with van der Waals surface area (Å²) in [6.07, 6.45) is 0.935. The average molecular weight is 276 g/mol. The molecule has 0 bridgehead atoms. The van der Waals surface area contributed by atoms with E-state index < -0.39 is 6.03 Å². The van der Waals surface area contributed by atoms with E-state index in [1.165, 1.54) is 11.8 Å². The molecular weight excluding hydrogens is 260 g/mol. The van der Waals surface area contributed by atoms with Crippen LogP contribution in [-0.4, -0.2) is 31.1 Å². The molecule has 0 saturated carbocycles. The van der Waals surface area contributed by atoms with Gasteiger partial charge in [0, 0.05) is 32.0 Å². The number of hydrogen-bond donors (Lipinski definition) is 1. The molecule has 106 valence electrons. The van der Waals surface area contributed by atoms with Crippen LogP contribution in [0, 0.1) is 0 Å². The number of hydrogen-bond acceptors (Lipinski definition) is 4. The number of nitrogens with zero attached hydrogens (tertiary/aromatic N) is 1. The summed E-state index contributed by atoms with van der Waals surface area (Å²) in [5, 5.41) is 2.28. The average Bonchev–Trinajstić information content (AvgIpc) is 2.39. The van der Waals surface area contributed by atoms with Crippen molar-refractivity contribution in [3.63, 3.8) is 0 Å². The van der Waals surface area contributed by atoms with Crippen LogP contribution in [0.1, 0.15) is 18.9 Å². The zero-order valence-corrected chi connectivity index (χ0v) is 11.2. The van der Waals surface area contributed by atoms with Crippen molar-refractivity contribution in [1.82, 2.24) is 5.32 Å². The molecule has 0 atom stereocenters. The van der Waals surface area contributed by atoms with E-state index >= 15 is 0 Å². The Morgan fingerprint density at radius 2 is 2.00 bits per heavy atom. The van der Waals surface area contributed by atoms with Gasteiger partial charge in [0.15, 0.2) is 0 Å². The maximum atomic E-state index is 11.7. The van der Waals surface area contributed by atoms with Crippen molar-refractivity contribution in [2.45, 2.75) is 19.8 Å². The first-order valence-corrected chi connectivity index (χ1v) is 6.40. The summed E-state index contributed by atoms with van der Waals surface area (Å²) in [4.78, 5) is 34.9. The maximum Gasteiger partial charge on any atom is 0.328 e. The van der Waals surface area contributed by atoms with Gasteiger partial charge in [0.25, 0.3) is 0 Å². The van der Waals surface area contributed by atoms with E-state index in [1.807, 2.05) is 24.3 Å². The Morgan fingerprint density at radius 3 is 2.60 bits per heavy atom. The van der Waals surface area contributed by atoms with Crippen molar-refractivity contribution >= 4 is 23.6 Å². The Hall–Kier alpha value is -2.37. The summed E-state index contributed by atoms with van der Waals surface area (Å²) >= 11 is 0. The minimum atomic E-state index is -0.395. The Bertz CT molecular complexity index is 524. The van der Waals surface area contributed by atoms with Crippen LogP contribution >= 0.6 is 0 Å². The van der Waals surface area contributed by atoms with Crippen LogP contribution in [0.15, 0.2) is 24.3 Å². The van der Waals surface area contributed by atoms with Gasteiger partial charge in [0.1, 0.15) is 0 Å². The Kier molecular flexibility index (Phi) is 4.34. The predicted octanol–water partition coefficient (Wildman–Crippen LogP) is 1.24. The normalized spacial score (nSPS) is 14.9. The van der Waals surface area contributed by atoms with Gasteiger partial charge in [-0.05, 0) is 17.7 Å². The van der Waals surface area contributed by atoms with Crippen molar-refractivity contribution in [2.75, 3.05) is 18.1 Å². The van der Waals surface area contributed by atoms with Crippen molar-refractivity contribution in [1.29, 1.82) is 0 Å². The quantitative estimate of drug-likeness (QED) is 0.839. The number of benzene rings is 1. The van der Waals surface area contributed by atoms with Gasteiger partial charge in [-0.25, -0.2) is 4.79 Å². The second-order valence-corrected chi connectivity index (χ2v) is 4.51. The van der Waals surface area contributed by atoms with E-state index in [-0.39, 0.29) is 11.9 Å². The molecule has 1 aliphatic rings. The molecule has 6 heteroatoms. The topological polar surface area (TPSA) is 75.7 Å². The van der Waals surface area contributed by atoms with Crippen molar-refractivity contribution in [3.8, 4) is 0 Å². The molecule has 1 saturated heterocycles. The zero-order chi connectivity index (χ0) is 14.5. The van der Waals surface area contributed by atoms with Crippen LogP contribution in [-0.2, 0) is 20.7 Å². The lowest BCUT2D eigenvalue weighted by Gasteiger charge is -2.26. The van der Waals surface area contributed by atoms with Crippen LogP contribution < -0.4 is 10.2 Å². The molecule has 0 radical (unpaired) electrons. The Labute approximate surface area is 116 Å². The van der Waals surface area contributed by atoms with Gasteiger partial charge in [-0.3, -0.25) is 19.8 Å². The molecule has 2 rings (SSSR count). The van der Waals surface area contributed by atoms with Crippen molar-refractivity contribution in [3.05, 3.63) is 29.8 Å². The summed E-state index contributed by atoms with van der Waals surface area (Å²) < 4.78 is 4.87. The lowest BCUT2D eigenvalue weighted by Crippen LogP contribution is -2.49. The van der Waals surface area contributed by atoms with E-state index in [9.17, 15) is 14.4 Å². The number of ether oxygens (including phenoxy) is 1. The second-order valence-electron chi connectivity index (χ2n) is 4.51. The maximum absolute atomic E-state index is 11.7. The van der Waals surface area contributed by atoms with Crippen LogP contribution in [0.2, 0.25) is 0 Å². The molecule has 1 heterocycles. The summed E-state index contributed by atoms with van der Waals surface area (Å²) in [7, 11) is 0. The molecule has 0 spiro atoms. The highest BCUT2D eigenvalue weighted by Gasteiger charge is 2.23. The lowest BCUT2D eigenvalue weighted by atomic mass is 10.1. The molecule has 0 aliphatic carbocycles. The van der Waals surface area contributed by atoms with Crippen LogP contribution in [0.4, 0.5) is 10.5 Å². The molecule has 6 nitrogen and oxygen atoms in total. The summed E-state index contributed by atoms with van der Waals surface area (Å²) in [6, 6.07) is 7.00. The first-order chi connectivity index (χ1) is 9.56. The highest BCUT2D eigenvalue weighted by molar-refractivity contribution is 6.05. The van der Waals surface area contributed by atoms with E-state index in [1.54, 1.807) is 0 Å². The summed E-state index contributed by atoms with van der Waals surface area (Å²) in [5.41, 5.74) is 1.76. The highest BCUT2D eigenvalue weighted by Crippen LogP contribution is 2.18. The number of anilines is 1. The minimum Gasteiger partial charge on any atom is -0.466 e. The molecule has 1 aromatic carbocycles. The first kappa shape index (κ1) is 14.0. The van der Waals surface area contributed by atoms with Gasteiger partial charge in [0.2, 0.25) is 5.91 Å². The minimum absolute atomic E-state index is 0.246. The predicted molar refractivity (Wildman–Crippen MR) is 72.3 cm³/mol. The van der Waals surface area contributed by atoms with E-state index in [4.69, 9.17) is 4.74 Å². The molecule has 0 aromatic heterocycles. The van der Waals surface area contributed by atoms with E-state index in [0.717, 1.165) is 11.3 Å². The fourth-order valence-corrected chi connectivity index (χ4v) is 1.97. The lowest BCUT2D eigenvalue weighted by molar-refractivity contribution is -0.140. The molecule has 1 fully saturated rings. The van der Waals surface area contributed by atoms with Gasteiger partial charge in [0.05, 0.1) is 6.61 Å². The second kappa shape index (κ2) is 6.18. The number of amides is 3. The number of esters is 1. The number of carbonyl (C=O) groups is 3. The van der Waals surface area contributed by atoms with Gasteiger partial charge in [-0.15, -0.1) is 0 Å².